The molecule has 96 valence electrons. The lowest BCUT2D eigenvalue weighted by atomic mass is 10.2. The number of aromatic nitrogens is 3. The average molecular weight is 311 g/mol. The smallest absolute Gasteiger partial charge is 0.177 e. The number of aryl methyl sites for hydroxylation is 1. The summed E-state index contributed by atoms with van der Waals surface area (Å²) in [5, 5.41) is 3.46. The third-order valence-corrected chi connectivity index (χ3v) is 3.60. The molecule has 0 saturated carbocycles. The van der Waals surface area contributed by atoms with Gasteiger partial charge in [0.2, 0.25) is 0 Å². The van der Waals surface area contributed by atoms with Crippen molar-refractivity contribution in [2.75, 3.05) is 19.8 Å². The zero-order valence-electron chi connectivity index (χ0n) is 10.2. The molecule has 1 fully saturated rings. The zero-order valence-corrected chi connectivity index (χ0v) is 11.8. The number of imidazole rings is 1. The summed E-state index contributed by atoms with van der Waals surface area (Å²) in [6.07, 6.45) is 1.78. The predicted molar refractivity (Wildman–Crippen MR) is 72.6 cm³/mol. The van der Waals surface area contributed by atoms with Crippen molar-refractivity contribution in [2.24, 2.45) is 0 Å². The first kappa shape index (κ1) is 12.1. The van der Waals surface area contributed by atoms with Crippen LogP contribution < -0.4 is 5.32 Å². The maximum Gasteiger partial charge on any atom is 0.177 e. The van der Waals surface area contributed by atoms with Gasteiger partial charge in [-0.25, -0.2) is 9.97 Å². The molecular formula is C12H15BrN4O. The van der Waals surface area contributed by atoms with E-state index in [9.17, 15) is 0 Å². The van der Waals surface area contributed by atoms with E-state index in [2.05, 4.69) is 41.8 Å². The summed E-state index contributed by atoms with van der Waals surface area (Å²) in [6.45, 7) is 5.34. The largest absolute Gasteiger partial charge is 0.378 e. The van der Waals surface area contributed by atoms with Gasteiger partial charge in [0.25, 0.3) is 0 Å². The SMILES string of the molecule is Cc1nc2ncc(Br)cc2n1C[C@@H]1COCCN1. The number of hydrogen-bond donors (Lipinski definition) is 1. The summed E-state index contributed by atoms with van der Waals surface area (Å²) >= 11 is 3.46. The van der Waals surface area contributed by atoms with Gasteiger partial charge in [0.15, 0.2) is 5.65 Å². The Bertz CT molecular complexity index is 562. The minimum atomic E-state index is 0.342. The Labute approximate surface area is 114 Å². The molecule has 0 unspecified atom stereocenters. The van der Waals surface area contributed by atoms with Gasteiger partial charge < -0.3 is 14.6 Å². The topological polar surface area (TPSA) is 52.0 Å². The third-order valence-electron chi connectivity index (χ3n) is 3.16. The van der Waals surface area contributed by atoms with E-state index in [-0.39, 0.29) is 0 Å². The molecule has 0 amide bonds. The van der Waals surface area contributed by atoms with Crippen LogP contribution in [0, 0.1) is 6.92 Å². The molecular weight excluding hydrogens is 296 g/mol. The zero-order chi connectivity index (χ0) is 12.5. The second kappa shape index (κ2) is 4.95. The van der Waals surface area contributed by atoms with Gasteiger partial charge >= 0.3 is 0 Å². The summed E-state index contributed by atoms with van der Waals surface area (Å²) in [5.74, 6) is 0.989. The van der Waals surface area contributed by atoms with Crippen molar-refractivity contribution in [2.45, 2.75) is 19.5 Å². The molecule has 1 aliphatic heterocycles. The van der Waals surface area contributed by atoms with Crippen molar-refractivity contribution in [1.82, 2.24) is 19.9 Å². The van der Waals surface area contributed by atoms with E-state index in [1.165, 1.54) is 0 Å². The summed E-state index contributed by atoms with van der Waals surface area (Å²) in [7, 11) is 0. The highest BCUT2D eigenvalue weighted by atomic mass is 79.9. The molecule has 0 aliphatic carbocycles. The van der Waals surface area contributed by atoms with Gasteiger partial charge in [0.05, 0.1) is 18.7 Å². The summed E-state index contributed by atoms with van der Waals surface area (Å²) < 4.78 is 8.66. The highest BCUT2D eigenvalue weighted by Crippen LogP contribution is 2.19. The monoisotopic (exact) mass is 310 g/mol. The number of hydrogen-bond acceptors (Lipinski definition) is 4. The van der Waals surface area contributed by atoms with Crippen LogP contribution >= 0.6 is 15.9 Å². The molecule has 1 atom stereocenters. The molecule has 6 heteroatoms. The van der Waals surface area contributed by atoms with E-state index in [1.807, 2.05) is 6.92 Å². The van der Waals surface area contributed by atoms with E-state index in [4.69, 9.17) is 4.74 Å². The summed E-state index contributed by atoms with van der Waals surface area (Å²) in [4.78, 5) is 8.81. The lowest BCUT2D eigenvalue weighted by Crippen LogP contribution is -2.43. The van der Waals surface area contributed by atoms with Gasteiger partial charge in [0, 0.05) is 29.8 Å². The van der Waals surface area contributed by atoms with E-state index in [0.717, 1.165) is 47.8 Å². The number of fused-ring (bicyclic) bond motifs is 1. The Kier molecular flexibility index (Phi) is 3.32. The van der Waals surface area contributed by atoms with Gasteiger partial charge in [-0.1, -0.05) is 0 Å². The normalized spacial score (nSPS) is 20.4. The number of ether oxygens (including phenoxy) is 1. The number of rotatable bonds is 2. The maximum absolute atomic E-state index is 5.49. The van der Waals surface area contributed by atoms with E-state index < -0.39 is 0 Å². The maximum atomic E-state index is 5.49. The first-order chi connectivity index (χ1) is 8.74. The second-order valence-corrected chi connectivity index (χ2v) is 5.41. The van der Waals surface area contributed by atoms with Gasteiger partial charge in [-0.3, -0.25) is 0 Å². The fraction of sp³-hybridized carbons (Fsp3) is 0.500. The standard InChI is InChI=1S/C12H15BrN4O/c1-8-16-12-11(4-9(13)5-15-12)17(8)6-10-7-18-3-2-14-10/h4-5,10,14H,2-3,6-7H2,1H3/t10-/m1/s1. The number of nitrogens with zero attached hydrogens (tertiary/aromatic N) is 3. The highest BCUT2D eigenvalue weighted by Gasteiger charge is 2.17. The number of pyridine rings is 1. The molecule has 0 spiro atoms. The molecule has 5 nitrogen and oxygen atoms in total. The number of morpholine rings is 1. The molecule has 3 heterocycles. The van der Waals surface area contributed by atoms with Gasteiger partial charge in [-0.05, 0) is 28.9 Å². The quantitative estimate of drug-likeness (QED) is 0.913. The van der Waals surface area contributed by atoms with Crippen LogP contribution in [0.2, 0.25) is 0 Å². The molecule has 0 aromatic carbocycles. The Morgan fingerprint density at radius 2 is 2.50 bits per heavy atom. The van der Waals surface area contributed by atoms with Crippen LogP contribution in [0.1, 0.15) is 5.82 Å². The van der Waals surface area contributed by atoms with E-state index in [1.54, 1.807) is 6.20 Å². The van der Waals surface area contributed by atoms with Gasteiger partial charge in [0.1, 0.15) is 5.82 Å². The second-order valence-electron chi connectivity index (χ2n) is 4.49. The van der Waals surface area contributed by atoms with Crippen molar-refractivity contribution in [1.29, 1.82) is 0 Å². The Morgan fingerprint density at radius 3 is 3.28 bits per heavy atom. The fourth-order valence-electron chi connectivity index (χ4n) is 2.28. The van der Waals surface area contributed by atoms with Crippen molar-refractivity contribution < 1.29 is 4.74 Å². The van der Waals surface area contributed by atoms with Crippen LogP contribution in [0.5, 0.6) is 0 Å². The molecule has 2 aromatic rings. The first-order valence-electron chi connectivity index (χ1n) is 6.03. The van der Waals surface area contributed by atoms with Crippen molar-refractivity contribution in [3.63, 3.8) is 0 Å². The predicted octanol–water partition coefficient (Wildman–Crippen LogP) is 1.49. The third kappa shape index (κ3) is 2.28. The average Bonchev–Trinajstić information content (AvgIpc) is 2.67. The van der Waals surface area contributed by atoms with Crippen LogP contribution in [0.15, 0.2) is 16.7 Å². The minimum Gasteiger partial charge on any atom is -0.378 e. The lowest BCUT2D eigenvalue weighted by Gasteiger charge is -2.24. The summed E-state index contributed by atoms with van der Waals surface area (Å²) in [6, 6.07) is 2.40. The Hall–Kier alpha value is -0.980. The van der Waals surface area contributed by atoms with Gasteiger partial charge in [-0.2, -0.15) is 0 Å². The van der Waals surface area contributed by atoms with Crippen LogP contribution in [-0.2, 0) is 11.3 Å². The number of nitrogens with one attached hydrogen (secondary N) is 1. The Balaban J connectivity index is 1.94. The lowest BCUT2D eigenvalue weighted by molar-refractivity contribution is 0.0716. The Morgan fingerprint density at radius 1 is 1.61 bits per heavy atom. The van der Waals surface area contributed by atoms with Crippen LogP contribution in [-0.4, -0.2) is 40.3 Å². The fourth-order valence-corrected chi connectivity index (χ4v) is 2.60. The molecule has 0 radical (unpaired) electrons. The van der Waals surface area contributed by atoms with E-state index in [0.29, 0.717) is 6.04 Å². The molecule has 18 heavy (non-hydrogen) atoms. The number of halogens is 1. The molecule has 3 rings (SSSR count). The molecule has 2 aromatic heterocycles. The van der Waals surface area contributed by atoms with Crippen LogP contribution in [0.4, 0.5) is 0 Å². The van der Waals surface area contributed by atoms with Crippen LogP contribution in [0.25, 0.3) is 11.2 Å². The molecule has 0 bridgehead atoms. The van der Waals surface area contributed by atoms with Crippen molar-refractivity contribution in [3.8, 4) is 0 Å². The van der Waals surface area contributed by atoms with E-state index >= 15 is 0 Å². The minimum absolute atomic E-state index is 0.342. The molecule has 1 saturated heterocycles. The first-order valence-corrected chi connectivity index (χ1v) is 6.83. The van der Waals surface area contributed by atoms with Crippen molar-refractivity contribution in [3.05, 3.63) is 22.6 Å². The molecule has 1 N–H and O–H groups in total. The van der Waals surface area contributed by atoms with Crippen LogP contribution in [0.3, 0.4) is 0 Å². The van der Waals surface area contributed by atoms with Crippen molar-refractivity contribution >= 4 is 27.1 Å². The molecule has 1 aliphatic rings. The highest BCUT2D eigenvalue weighted by molar-refractivity contribution is 9.10. The van der Waals surface area contributed by atoms with Gasteiger partial charge in [-0.15, -0.1) is 0 Å². The summed E-state index contributed by atoms with van der Waals surface area (Å²) in [5.41, 5.74) is 1.86.